The van der Waals surface area contributed by atoms with Gasteiger partial charge in [-0.2, -0.15) is 0 Å². The Kier molecular flexibility index (Phi) is 1.45. The molecule has 0 saturated carbocycles. The van der Waals surface area contributed by atoms with E-state index in [1.54, 1.807) is 0 Å². The summed E-state index contributed by atoms with van der Waals surface area (Å²) in [4.78, 5) is 0. The molecule has 0 saturated heterocycles. The predicted molar refractivity (Wildman–Crippen MR) is 17.9 cm³/mol. The van der Waals surface area contributed by atoms with E-state index >= 15 is 0 Å². The highest BCUT2D eigenvalue weighted by atomic mass is 32.5. The van der Waals surface area contributed by atoms with Crippen molar-refractivity contribution in [1.82, 2.24) is 0 Å². The second kappa shape index (κ2) is 1.08. The summed E-state index contributed by atoms with van der Waals surface area (Å²) in [5.41, 5.74) is 0. The van der Waals surface area contributed by atoms with Crippen LogP contribution in [0.2, 0.25) is 0 Å². The third-order valence-electron chi connectivity index (χ3n) is 0. The summed E-state index contributed by atoms with van der Waals surface area (Å²) in [6.07, 6.45) is 0. The van der Waals surface area contributed by atoms with Crippen molar-refractivity contribution in [1.29, 1.82) is 0 Å². The van der Waals surface area contributed by atoms with E-state index < -0.39 is 10.6 Å². The molecule has 0 aromatic carbocycles. The van der Waals surface area contributed by atoms with Crippen molar-refractivity contribution in [3.63, 3.8) is 0 Å². The Bertz CT molecular complexity index is 67.1. The Morgan fingerprint density at radius 3 is 0.625 bits per heavy atom. The van der Waals surface area contributed by atoms with Crippen LogP contribution >= 0.6 is 10.6 Å². The van der Waals surface area contributed by atoms with Crippen molar-refractivity contribution >= 4 is 10.6 Å². The highest BCUT2D eigenvalue weighted by molar-refractivity contribution is 8.41. The SMILES string of the molecule is FS(F)(F)(F)(F)F.O. The molecule has 0 aliphatic heterocycles. The van der Waals surface area contributed by atoms with E-state index in [2.05, 4.69) is 0 Å². The van der Waals surface area contributed by atoms with Crippen LogP contribution in [-0.4, -0.2) is 5.48 Å². The van der Waals surface area contributed by atoms with Crippen molar-refractivity contribution in [2.75, 3.05) is 0 Å². The first-order valence-electron chi connectivity index (χ1n) is 0.926. The number of rotatable bonds is 0. The molecule has 0 aromatic heterocycles. The van der Waals surface area contributed by atoms with Gasteiger partial charge in [0.1, 0.15) is 0 Å². The van der Waals surface area contributed by atoms with Gasteiger partial charge in [-0.25, -0.2) is 0 Å². The summed E-state index contributed by atoms with van der Waals surface area (Å²) >= 11 is 0. The molecule has 0 radical (unpaired) electrons. The molecule has 0 amide bonds. The van der Waals surface area contributed by atoms with Crippen LogP contribution < -0.4 is 0 Å². The molecule has 0 aliphatic rings. The van der Waals surface area contributed by atoms with Gasteiger partial charge in [-0.05, 0) is 0 Å². The van der Waals surface area contributed by atoms with E-state index in [1.807, 2.05) is 0 Å². The molecule has 0 spiro atoms. The molecule has 1 nitrogen and oxygen atoms in total. The number of hydrogen-bond acceptors (Lipinski definition) is 0. The Morgan fingerprint density at radius 2 is 0.625 bits per heavy atom. The van der Waals surface area contributed by atoms with E-state index in [9.17, 15) is 23.3 Å². The maximum Gasteiger partial charge on any atom is 0.431 e. The van der Waals surface area contributed by atoms with Crippen molar-refractivity contribution in [2.45, 2.75) is 0 Å². The van der Waals surface area contributed by atoms with Crippen LogP contribution in [0.3, 0.4) is 0 Å². The molecule has 0 atom stereocenters. The van der Waals surface area contributed by atoms with E-state index in [0.29, 0.717) is 0 Å². The number of halogens is 6. The quantitative estimate of drug-likeness (QED) is 0.492. The van der Waals surface area contributed by atoms with Gasteiger partial charge in [0.05, 0.1) is 0 Å². The van der Waals surface area contributed by atoms with Gasteiger partial charge in [-0.15, -0.1) is 0 Å². The van der Waals surface area contributed by atoms with Crippen LogP contribution in [0, 0.1) is 0 Å². The van der Waals surface area contributed by atoms with E-state index in [4.69, 9.17) is 0 Å². The van der Waals surface area contributed by atoms with Crippen LogP contribution in [-0.2, 0) is 0 Å². The molecule has 2 N–H and O–H groups in total. The van der Waals surface area contributed by atoms with Crippen molar-refractivity contribution < 1.29 is 28.8 Å². The Hall–Kier alpha value is -0.110. The van der Waals surface area contributed by atoms with Gasteiger partial charge in [0, 0.05) is 0 Å². The lowest BCUT2D eigenvalue weighted by Gasteiger charge is -2.28. The normalized spacial score (nSPS) is 20.2. The van der Waals surface area contributed by atoms with Gasteiger partial charge in [-0.1, -0.05) is 23.3 Å². The first kappa shape index (κ1) is 10.8. The van der Waals surface area contributed by atoms with Crippen LogP contribution in [0.25, 0.3) is 0 Å². The smallest absolute Gasteiger partial charge is 0.412 e. The lowest BCUT2D eigenvalue weighted by atomic mass is 16.0. The van der Waals surface area contributed by atoms with Crippen molar-refractivity contribution in [2.24, 2.45) is 0 Å². The third kappa shape index (κ3) is 11600. The van der Waals surface area contributed by atoms with Gasteiger partial charge in [0.2, 0.25) is 0 Å². The summed E-state index contributed by atoms with van der Waals surface area (Å²) in [7, 11) is -10.5. The predicted octanol–water partition coefficient (Wildman–Crippen LogP) is 2.34. The fourth-order valence-electron chi connectivity index (χ4n) is 0. The molecule has 8 heteroatoms. The molecule has 0 aliphatic carbocycles. The Labute approximate surface area is 40.6 Å². The maximum absolute atomic E-state index is 10.5. The maximum atomic E-state index is 9.85. The van der Waals surface area contributed by atoms with Gasteiger partial charge >= 0.3 is 10.6 Å². The van der Waals surface area contributed by atoms with E-state index in [1.165, 1.54) is 0 Å². The fourth-order valence-corrected chi connectivity index (χ4v) is 0. The second-order valence-electron chi connectivity index (χ2n) is 0.875. The zero-order valence-corrected chi connectivity index (χ0v) is 3.99. The van der Waals surface area contributed by atoms with E-state index in [-0.39, 0.29) is 5.48 Å². The lowest BCUT2D eigenvalue weighted by Crippen LogP contribution is -1.92. The molecule has 0 heterocycles. The zero-order chi connectivity index (χ0) is 6.41. The standard InChI is InChI=1S/F6S.H2O/c1-7(2,3,4,5)6;/h;1H2. The summed E-state index contributed by atoms with van der Waals surface area (Å²) < 4.78 is 59.1. The molecule has 8 heavy (non-hydrogen) atoms. The van der Waals surface area contributed by atoms with Gasteiger partial charge in [0.15, 0.2) is 0 Å². The molecule has 0 bridgehead atoms. The molecule has 0 unspecified atom stereocenters. The summed E-state index contributed by atoms with van der Waals surface area (Å²) in [6, 6.07) is 0. The van der Waals surface area contributed by atoms with Gasteiger partial charge in [0.25, 0.3) is 0 Å². The lowest BCUT2D eigenvalue weighted by molar-refractivity contribution is 0.291. The molecule has 0 rings (SSSR count). The highest BCUT2D eigenvalue weighted by Crippen LogP contribution is 2.99. The second-order valence-corrected chi connectivity index (χ2v) is 2.62. The minimum Gasteiger partial charge on any atom is -0.412 e. The van der Waals surface area contributed by atoms with Crippen LogP contribution in [0.1, 0.15) is 0 Å². The minimum atomic E-state index is -10.5. The topological polar surface area (TPSA) is 31.5 Å². The molecule has 56 valence electrons. The minimum absolute atomic E-state index is 0. The summed E-state index contributed by atoms with van der Waals surface area (Å²) in [6.45, 7) is 0. The number of hydrogen-bond donors (Lipinski definition) is 0. The summed E-state index contributed by atoms with van der Waals surface area (Å²) in [5.74, 6) is 0. The van der Waals surface area contributed by atoms with Crippen molar-refractivity contribution in [3.05, 3.63) is 0 Å². The Morgan fingerprint density at radius 1 is 0.625 bits per heavy atom. The summed E-state index contributed by atoms with van der Waals surface area (Å²) in [5, 5.41) is 0. The van der Waals surface area contributed by atoms with Crippen LogP contribution in [0.5, 0.6) is 0 Å². The largest absolute Gasteiger partial charge is 0.431 e. The molecule has 0 fully saturated rings. The third-order valence-corrected chi connectivity index (χ3v) is 0. The average molecular weight is 164 g/mol. The molecule has 0 aromatic rings. The molecular weight excluding hydrogens is 162 g/mol. The first-order valence-corrected chi connectivity index (χ1v) is 2.78. The van der Waals surface area contributed by atoms with E-state index in [0.717, 1.165) is 0 Å². The molecular formula is H2F6OS. The monoisotopic (exact) mass is 164 g/mol. The van der Waals surface area contributed by atoms with Gasteiger partial charge < -0.3 is 5.48 Å². The fraction of sp³-hybridized carbons (Fsp3) is 0. The zero-order valence-electron chi connectivity index (χ0n) is 3.18. The van der Waals surface area contributed by atoms with Crippen molar-refractivity contribution in [3.8, 4) is 0 Å². The van der Waals surface area contributed by atoms with Crippen LogP contribution in [0.4, 0.5) is 23.3 Å². The van der Waals surface area contributed by atoms with Crippen LogP contribution in [0.15, 0.2) is 0 Å². The van der Waals surface area contributed by atoms with Gasteiger partial charge in [-0.3, -0.25) is 0 Å². The average Bonchev–Trinajstić information content (AvgIpc) is 0.592. The Balaban J connectivity index is 0. The first-order chi connectivity index (χ1) is 2.45. The highest BCUT2D eigenvalue weighted by Gasteiger charge is 2.64.